The second-order valence-corrected chi connectivity index (χ2v) is 4.83. The van der Waals surface area contributed by atoms with Crippen molar-refractivity contribution in [3.05, 3.63) is 48.6 Å². The second-order valence-electron chi connectivity index (χ2n) is 4.83. The number of likely N-dealkylation sites (N-methyl/N-ethyl adjacent to an activating group) is 2. The molecule has 3 heterocycles. The van der Waals surface area contributed by atoms with Crippen LogP contribution < -0.4 is 0 Å². The van der Waals surface area contributed by atoms with E-state index < -0.39 is 0 Å². The first-order chi connectivity index (χ1) is 7.79. The van der Waals surface area contributed by atoms with E-state index in [1.807, 2.05) is 0 Å². The molecule has 0 amide bonds. The highest BCUT2D eigenvalue weighted by Gasteiger charge is 2.41. The molecule has 0 saturated carbocycles. The molecule has 2 heteroatoms. The molecule has 3 aliphatic rings. The summed E-state index contributed by atoms with van der Waals surface area (Å²) in [6.45, 7) is 0. The fraction of sp³-hybridized carbons (Fsp3) is 0.429. The van der Waals surface area contributed by atoms with Crippen LogP contribution in [-0.4, -0.2) is 48.1 Å². The SMILES string of the molecule is CN1[C@@H]2C=CC=C[C@H]1[C@@H]1C=CC=C[C@@H]2N1C. The van der Waals surface area contributed by atoms with Crippen LogP contribution in [-0.2, 0) is 0 Å². The van der Waals surface area contributed by atoms with Crippen molar-refractivity contribution >= 4 is 0 Å². The van der Waals surface area contributed by atoms with Gasteiger partial charge in [0, 0.05) is 24.2 Å². The van der Waals surface area contributed by atoms with Crippen LogP contribution in [0.4, 0.5) is 0 Å². The molecule has 0 aromatic rings. The predicted molar refractivity (Wildman–Crippen MR) is 67.2 cm³/mol. The highest BCUT2D eigenvalue weighted by Crippen LogP contribution is 2.30. The normalized spacial score (nSPS) is 42.1. The summed E-state index contributed by atoms with van der Waals surface area (Å²) in [5.41, 5.74) is 0. The molecule has 0 aromatic heterocycles. The van der Waals surface area contributed by atoms with E-state index in [0.717, 1.165) is 0 Å². The van der Waals surface area contributed by atoms with Gasteiger partial charge in [-0.1, -0.05) is 48.6 Å². The number of nitrogens with zero attached hydrogens (tertiary/aromatic N) is 2. The smallest absolute Gasteiger partial charge is 0.0476 e. The molecule has 3 aliphatic heterocycles. The Morgan fingerprint density at radius 1 is 0.562 bits per heavy atom. The van der Waals surface area contributed by atoms with Gasteiger partial charge in [0.15, 0.2) is 0 Å². The van der Waals surface area contributed by atoms with E-state index in [1.54, 1.807) is 0 Å². The number of rotatable bonds is 0. The second kappa shape index (κ2) is 3.72. The Hall–Kier alpha value is -1.12. The molecule has 0 unspecified atom stereocenters. The van der Waals surface area contributed by atoms with E-state index in [1.165, 1.54) is 0 Å². The van der Waals surface area contributed by atoms with E-state index in [0.29, 0.717) is 24.2 Å². The zero-order chi connectivity index (χ0) is 11.1. The summed E-state index contributed by atoms with van der Waals surface area (Å²) in [6, 6.07) is 1.93. The van der Waals surface area contributed by atoms with Gasteiger partial charge in [0.25, 0.3) is 0 Å². The third kappa shape index (κ3) is 1.34. The Balaban J connectivity index is 2.09. The average molecular weight is 214 g/mol. The van der Waals surface area contributed by atoms with Gasteiger partial charge in [-0.25, -0.2) is 0 Å². The molecule has 4 bridgehead atoms. The molecule has 0 radical (unpaired) electrons. The summed E-state index contributed by atoms with van der Waals surface area (Å²) in [5, 5.41) is 0. The molecule has 0 spiro atoms. The maximum Gasteiger partial charge on any atom is 0.0476 e. The summed E-state index contributed by atoms with van der Waals surface area (Å²) < 4.78 is 0. The van der Waals surface area contributed by atoms with Crippen molar-refractivity contribution < 1.29 is 0 Å². The Labute approximate surface area is 97.2 Å². The lowest BCUT2D eigenvalue weighted by Gasteiger charge is -2.50. The minimum absolute atomic E-state index is 0.484. The van der Waals surface area contributed by atoms with E-state index in [-0.39, 0.29) is 0 Å². The molecule has 4 atom stereocenters. The zero-order valence-electron chi connectivity index (χ0n) is 9.82. The van der Waals surface area contributed by atoms with Crippen LogP contribution in [0.5, 0.6) is 0 Å². The van der Waals surface area contributed by atoms with Crippen molar-refractivity contribution in [2.75, 3.05) is 14.1 Å². The van der Waals surface area contributed by atoms with Crippen LogP contribution in [0.1, 0.15) is 0 Å². The van der Waals surface area contributed by atoms with Gasteiger partial charge in [0.2, 0.25) is 0 Å². The molecule has 84 valence electrons. The minimum atomic E-state index is 0.484. The van der Waals surface area contributed by atoms with E-state index in [2.05, 4.69) is 72.5 Å². The summed E-state index contributed by atoms with van der Waals surface area (Å²) in [7, 11) is 4.46. The molecular weight excluding hydrogens is 196 g/mol. The van der Waals surface area contributed by atoms with Gasteiger partial charge in [-0.15, -0.1) is 0 Å². The highest BCUT2D eigenvalue weighted by atomic mass is 15.3. The first kappa shape index (κ1) is 10.1. The van der Waals surface area contributed by atoms with Crippen molar-refractivity contribution in [3.63, 3.8) is 0 Å². The first-order valence-corrected chi connectivity index (χ1v) is 5.93. The number of hydrogen-bond donors (Lipinski definition) is 0. The topological polar surface area (TPSA) is 6.48 Å². The van der Waals surface area contributed by atoms with Gasteiger partial charge in [-0.3, -0.25) is 9.80 Å². The van der Waals surface area contributed by atoms with Crippen LogP contribution >= 0.6 is 0 Å². The van der Waals surface area contributed by atoms with Crippen molar-refractivity contribution in [2.24, 2.45) is 0 Å². The lowest BCUT2D eigenvalue weighted by atomic mass is 9.93. The fourth-order valence-corrected chi connectivity index (χ4v) is 3.07. The van der Waals surface area contributed by atoms with E-state index in [9.17, 15) is 0 Å². The van der Waals surface area contributed by atoms with Crippen molar-refractivity contribution in [3.8, 4) is 0 Å². The summed E-state index contributed by atoms with van der Waals surface area (Å²) in [6.07, 6.45) is 18.0. The van der Waals surface area contributed by atoms with Gasteiger partial charge in [0.1, 0.15) is 0 Å². The standard InChI is InChI=1S/C14H18N2/c1-15-11-7-3-4-8-12(15)14-10-6-5-9-13(11)16(14)2/h3-14H,1-2H3/t11-,12-,13-,14+/m0/s1. The molecular formula is C14H18N2. The van der Waals surface area contributed by atoms with Gasteiger partial charge in [-0.05, 0) is 14.1 Å². The molecule has 0 aromatic carbocycles. The number of hydrogen-bond acceptors (Lipinski definition) is 2. The maximum absolute atomic E-state index is 2.48. The Morgan fingerprint density at radius 2 is 0.812 bits per heavy atom. The number of piperazine rings is 1. The van der Waals surface area contributed by atoms with Crippen molar-refractivity contribution in [2.45, 2.75) is 24.2 Å². The molecule has 2 nitrogen and oxygen atoms in total. The average Bonchev–Trinajstić information content (AvgIpc) is 2.48. The molecule has 3 rings (SSSR count). The van der Waals surface area contributed by atoms with Gasteiger partial charge < -0.3 is 0 Å². The van der Waals surface area contributed by atoms with E-state index in [4.69, 9.17) is 0 Å². The Bertz CT molecular complexity index is 318. The lowest BCUT2D eigenvalue weighted by Crippen LogP contribution is -2.63. The molecule has 0 N–H and O–H groups in total. The minimum Gasteiger partial charge on any atom is -0.290 e. The molecule has 1 fully saturated rings. The van der Waals surface area contributed by atoms with Gasteiger partial charge in [0.05, 0.1) is 0 Å². The third-order valence-corrected chi connectivity index (χ3v) is 4.04. The third-order valence-electron chi connectivity index (χ3n) is 4.04. The van der Waals surface area contributed by atoms with Crippen molar-refractivity contribution in [1.29, 1.82) is 0 Å². The largest absolute Gasteiger partial charge is 0.290 e. The Kier molecular flexibility index (Phi) is 2.34. The summed E-state index contributed by atoms with van der Waals surface area (Å²) in [4.78, 5) is 4.96. The van der Waals surface area contributed by atoms with Crippen molar-refractivity contribution in [1.82, 2.24) is 9.80 Å². The van der Waals surface area contributed by atoms with Crippen LogP contribution in [0.15, 0.2) is 48.6 Å². The Morgan fingerprint density at radius 3 is 1.06 bits per heavy atom. The lowest BCUT2D eigenvalue weighted by molar-refractivity contribution is 0.0392. The van der Waals surface area contributed by atoms with Crippen LogP contribution in [0.3, 0.4) is 0 Å². The zero-order valence-corrected chi connectivity index (χ0v) is 9.82. The van der Waals surface area contributed by atoms with E-state index >= 15 is 0 Å². The number of fused-ring (bicyclic) bond motifs is 6. The monoisotopic (exact) mass is 214 g/mol. The molecule has 16 heavy (non-hydrogen) atoms. The van der Waals surface area contributed by atoms with Crippen LogP contribution in [0, 0.1) is 0 Å². The first-order valence-electron chi connectivity index (χ1n) is 5.93. The van der Waals surface area contributed by atoms with Gasteiger partial charge >= 0.3 is 0 Å². The number of allylic oxidation sites excluding steroid dienone is 4. The predicted octanol–water partition coefficient (Wildman–Crippen LogP) is 1.59. The highest BCUT2D eigenvalue weighted by molar-refractivity contribution is 5.29. The van der Waals surface area contributed by atoms with Crippen LogP contribution in [0.25, 0.3) is 0 Å². The quantitative estimate of drug-likeness (QED) is 0.604. The maximum atomic E-state index is 2.48. The summed E-state index contributed by atoms with van der Waals surface area (Å²) in [5.74, 6) is 0. The fourth-order valence-electron chi connectivity index (χ4n) is 3.07. The van der Waals surface area contributed by atoms with Crippen LogP contribution in [0.2, 0.25) is 0 Å². The summed E-state index contributed by atoms with van der Waals surface area (Å²) >= 11 is 0. The van der Waals surface area contributed by atoms with Gasteiger partial charge in [-0.2, -0.15) is 0 Å². The molecule has 1 saturated heterocycles. The molecule has 0 aliphatic carbocycles.